The van der Waals surface area contributed by atoms with Crippen molar-refractivity contribution in [3.05, 3.63) is 35.1 Å². The molecule has 0 amide bonds. The number of aryl methyl sites for hydroxylation is 1. The maximum absolute atomic E-state index is 13.1. The number of aliphatic carboxylic acids is 1. The second kappa shape index (κ2) is 4.25. The molecule has 1 aromatic carbocycles. The topological polar surface area (TPSA) is 49.7 Å². The van der Waals surface area contributed by atoms with Crippen LogP contribution in [0.3, 0.4) is 0 Å². The Bertz CT molecular complexity index is 473. The van der Waals surface area contributed by atoms with E-state index < -0.39 is 12.0 Å². The molecular weight excluding hydrogens is 229 g/mol. The van der Waals surface area contributed by atoms with E-state index in [1.807, 2.05) is 6.92 Å². The summed E-state index contributed by atoms with van der Waals surface area (Å²) in [5, 5.41) is 9.42. The zero-order valence-electron chi connectivity index (χ0n) is 8.61. The van der Waals surface area contributed by atoms with Gasteiger partial charge in [0.05, 0.1) is 5.04 Å². The fraction of sp³-hybridized carbons (Fsp3) is 0.273. The van der Waals surface area contributed by atoms with E-state index in [1.54, 1.807) is 6.07 Å². The largest absolute Gasteiger partial charge is 0.480 e. The van der Waals surface area contributed by atoms with Gasteiger partial charge < -0.3 is 5.11 Å². The number of carbonyl (C=O) groups is 1. The molecule has 1 aromatic rings. The van der Waals surface area contributed by atoms with E-state index in [9.17, 15) is 9.18 Å². The molecule has 1 N–H and O–H groups in total. The van der Waals surface area contributed by atoms with Crippen LogP contribution >= 0.6 is 11.8 Å². The Balaban J connectivity index is 2.35. The first-order valence-electron chi connectivity index (χ1n) is 4.78. The summed E-state index contributed by atoms with van der Waals surface area (Å²) in [4.78, 5) is 14.8. The maximum atomic E-state index is 13.1. The molecule has 0 bridgehead atoms. The highest BCUT2D eigenvalue weighted by Crippen LogP contribution is 2.25. The van der Waals surface area contributed by atoms with Gasteiger partial charge in [-0.1, -0.05) is 6.07 Å². The number of carboxylic acids is 1. The van der Waals surface area contributed by atoms with Crippen molar-refractivity contribution < 1.29 is 14.3 Å². The molecule has 0 fully saturated rings. The van der Waals surface area contributed by atoms with Crippen LogP contribution in [0.4, 0.5) is 4.39 Å². The monoisotopic (exact) mass is 239 g/mol. The van der Waals surface area contributed by atoms with Crippen LogP contribution < -0.4 is 0 Å². The molecule has 0 radical (unpaired) electrons. The predicted octanol–water partition coefficient (Wildman–Crippen LogP) is 2.08. The predicted molar refractivity (Wildman–Crippen MR) is 61.6 cm³/mol. The Hall–Kier alpha value is -1.36. The fourth-order valence-electron chi connectivity index (χ4n) is 1.47. The van der Waals surface area contributed by atoms with Crippen molar-refractivity contribution in [1.29, 1.82) is 0 Å². The van der Waals surface area contributed by atoms with Gasteiger partial charge in [-0.2, -0.15) is 0 Å². The Kier molecular flexibility index (Phi) is 2.96. The number of rotatable bonds is 2. The van der Waals surface area contributed by atoms with Crippen LogP contribution in [0.1, 0.15) is 11.1 Å². The lowest BCUT2D eigenvalue weighted by atomic mass is 10.1. The smallest absolute Gasteiger partial charge is 0.329 e. The van der Waals surface area contributed by atoms with E-state index in [-0.39, 0.29) is 5.82 Å². The molecule has 1 atom stereocenters. The molecule has 5 heteroatoms. The van der Waals surface area contributed by atoms with Crippen molar-refractivity contribution in [2.75, 3.05) is 5.75 Å². The SMILES string of the molecule is Cc1ccc(F)cc1C1=NC(C(=O)O)CS1. The molecule has 1 heterocycles. The maximum Gasteiger partial charge on any atom is 0.329 e. The number of carboxylic acid groups (broad SMARTS) is 1. The molecule has 0 aromatic heterocycles. The van der Waals surface area contributed by atoms with Gasteiger partial charge in [0.2, 0.25) is 0 Å². The third-order valence-corrected chi connectivity index (χ3v) is 3.45. The van der Waals surface area contributed by atoms with E-state index >= 15 is 0 Å². The highest BCUT2D eigenvalue weighted by molar-refractivity contribution is 8.14. The standard InChI is InChI=1S/C11H10FNO2S/c1-6-2-3-7(12)4-8(6)10-13-9(5-16-10)11(14)15/h2-4,9H,5H2,1H3,(H,14,15). The number of thioether (sulfide) groups is 1. The van der Waals surface area contributed by atoms with Gasteiger partial charge >= 0.3 is 5.97 Å². The van der Waals surface area contributed by atoms with Gasteiger partial charge in [0.1, 0.15) is 5.82 Å². The zero-order chi connectivity index (χ0) is 11.7. The second-order valence-electron chi connectivity index (χ2n) is 3.56. The molecule has 16 heavy (non-hydrogen) atoms. The summed E-state index contributed by atoms with van der Waals surface area (Å²) in [6.07, 6.45) is 0. The first-order chi connectivity index (χ1) is 7.58. The molecule has 0 saturated carbocycles. The lowest BCUT2D eigenvalue weighted by molar-refractivity contribution is -0.137. The van der Waals surface area contributed by atoms with Crippen molar-refractivity contribution in [1.82, 2.24) is 0 Å². The van der Waals surface area contributed by atoms with Crippen molar-refractivity contribution in [3.8, 4) is 0 Å². The molecule has 0 saturated heterocycles. The van der Waals surface area contributed by atoms with Gasteiger partial charge in [-0.05, 0) is 24.6 Å². The minimum Gasteiger partial charge on any atom is -0.480 e. The molecule has 1 aliphatic rings. The quantitative estimate of drug-likeness (QED) is 0.859. The third kappa shape index (κ3) is 2.09. The van der Waals surface area contributed by atoms with Gasteiger partial charge in [0.15, 0.2) is 6.04 Å². The van der Waals surface area contributed by atoms with Crippen LogP contribution in [0.2, 0.25) is 0 Å². The van der Waals surface area contributed by atoms with Crippen molar-refractivity contribution >= 4 is 22.8 Å². The number of halogens is 1. The van der Waals surface area contributed by atoms with Crippen LogP contribution in [-0.2, 0) is 4.79 Å². The van der Waals surface area contributed by atoms with Crippen LogP contribution in [0, 0.1) is 12.7 Å². The Morgan fingerprint density at radius 3 is 3.00 bits per heavy atom. The summed E-state index contributed by atoms with van der Waals surface area (Å²) in [5.41, 5.74) is 1.59. The third-order valence-electron chi connectivity index (χ3n) is 2.37. The number of aliphatic imine (C=N–C) groups is 1. The zero-order valence-corrected chi connectivity index (χ0v) is 9.42. The molecule has 0 aliphatic carbocycles. The first kappa shape index (κ1) is 11.1. The van der Waals surface area contributed by atoms with Crippen molar-refractivity contribution in [2.24, 2.45) is 4.99 Å². The van der Waals surface area contributed by atoms with Gasteiger partial charge in [0, 0.05) is 11.3 Å². The van der Waals surface area contributed by atoms with E-state index in [0.29, 0.717) is 16.4 Å². The summed E-state index contributed by atoms with van der Waals surface area (Å²) >= 11 is 1.36. The minimum absolute atomic E-state index is 0.331. The van der Waals surface area contributed by atoms with Gasteiger partial charge in [-0.25, -0.2) is 9.18 Å². The number of hydrogen-bond acceptors (Lipinski definition) is 3. The minimum atomic E-state index is -0.934. The summed E-state index contributed by atoms with van der Waals surface area (Å²) in [6.45, 7) is 1.85. The second-order valence-corrected chi connectivity index (χ2v) is 4.57. The lowest BCUT2D eigenvalue weighted by Crippen LogP contribution is -2.17. The summed E-state index contributed by atoms with van der Waals surface area (Å²) in [5.74, 6) is -0.847. The number of hydrogen-bond donors (Lipinski definition) is 1. The van der Waals surface area contributed by atoms with E-state index in [0.717, 1.165) is 5.56 Å². The fourth-order valence-corrected chi connectivity index (χ4v) is 2.58. The Morgan fingerprint density at radius 1 is 1.62 bits per heavy atom. The van der Waals surface area contributed by atoms with Crippen LogP contribution in [-0.4, -0.2) is 27.9 Å². The van der Waals surface area contributed by atoms with Crippen LogP contribution in [0.5, 0.6) is 0 Å². The molecule has 1 unspecified atom stereocenters. The average molecular weight is 239 g/mol. The normalized spacial score (nSPS) is 19.6. The lowest BCUT2D eigenvalue weighted by Gasteiger charge is -2.04. The summed E-state index contributed by atoms with van der Waals surface area (Å²) in [7, 11) is 0. The molecule has 3 nitrogen and oxygen atoms in total. The molecule has 2 rings (SSSR count). The number of benzene rings is 1. The first-order valence-corrected chi connectivity index (χ1v) is 5.76. The van der Waals surface area contributed by atoms with Gasteiger partial charge in [-0.15, -0.1) is 11.8 Å². The van der Waals surface area contributed by atoms with E-state index in [2.05, 4.69) is 4.99 Å². The molecular formula is C11H10FNO2S. The van der Waals surface area contributed by atoms with Crippen LogP contribution in [0.25, 0.3) is 0 Å². The Labute approximate surface area is 96.4 Å². The van der Waals surface area contributed by atoms with E-state index in [1.165, 1.54) is 23.9 Å². The van der Waals surface area contributed by atoms with Crippen LogP contribution in [0.15, 0.2) is 23.2 Å². The molecule has 1 aliphatic heterocycles. The van der Waals surface area contributed by atoms with E-state index in [4.69, 9.17) is 5.11 Å². The van der Waals surface area contributed by atoms with Crippen molar-refractivity contribution in [3.63, 3.8) is 0 Å². The molecule has 0 spiro atoms. The average Bonchev–Trinajstić information content (AvgIpc) is 2.70. The highest BCUT2D eigenvalue weighted by atomic mass is 32.2. The van der Waals surface area contributed by atoms with Gasteiger partial charge in [0.25, 0.3) is 0 Å². The van der Waals surface area contributed by atoms with Crippen molar-refractivity contribution in [2.45, 2.75) is 13.0 Å². The summed E-state index contributed by atoms with van der Waals surface area (Å²) in [6, 6.07) is 3.74. The number of nitrogens with zero attached hydrogens (tertiary/aromatic N) is 1. The van der Waals surface area contributed by atoms with Gasteiger partial charge in [-0.3, -0.25) is 4.99 Å². The summed E-state index contributed by atoms with van der Waals surface area (Å²) < 4.78 is 13.1. The Morgan fingerprint density at radius 2 is 2.38 bits per heavy atom. The molecule has 84 valence electrons. The highest BCUT2D eigenvalue weighted by Gasteiger charge is 2.25.